The van der Waals surface area contributed by atoms with E-state index in [-0.39, 0.29) is 6.10 Å². The van der Waals surface area contributed by atoms with Crippen LogP contribution in [-0.2, 0) is 13.1 Å². The van der Waals surface area contributed by atoms with Crippen molar-refractivity contribution in [2.75, 3.05) is 4.90 Å². The first-order valence-corrected chi connectivity index (χ1v) is 8.27. The molecule has 0 bridgehead atoms. The normalized spacial score (nSPS) is 21.7. The molecule has 0 spiro atoms. The molecule has 3 rings (SSSR count). The summed E-state index contributed by atoms with van der Waals surface area (Å²) in [4.78, 5) is 2.46. The second-order valence-corrected chi connectivity index (χ2v) is 6.13. The van der Waals surface area contributed by atoms with Crippen LogP contribution in [-0.4, -0.2) is 27.0 Å². The first kappa shape index (κ1) is 15.1. The molecule has 0 saturated heterocycles. The van der Waals surface area contributed by atoms with Crippen LogP contribution in [0.3, 0.4) is 0 Å². The van der Waals surface area contributed by atoms with Crippen LogP contribution in [0.2, 0.25) is 0 Å². The highest BCUT2D eigenvalue weighted by atomic mass is 16.3. The predicted octanol–water partition coefficient (Wildman–Crippen LogP) is 3.21. The summed E-state index contributed by atoms with van der Waals surface area (Å²) in [7, 11) is 0. The molecule has 1 N–H and O–H groups in total. The van der Waals surface area contributed by atoms with Gasteiger partial charge in [-0.25, -0.2) is 0 Å². The molecular formula is C18H25N3O. The minimum atomic E-state index is -0.117. The zero-order valence-corrected chi connectivity index (χ0v) is 13.2. The second-order valence-electron chi connectivity index (χ2n) is 6.13. The summed E-state index contributed by atoms with van der Waals surface area (Å²) in [6.45, 7) is 3.90. The molecule has 1 aliphatic rings. The second kappa shape index (κ2) is 6.97. The summed E-state index contributed by atoms with van der Waals surface area (Å²) in [6, 6.07) is 11.1. The predicted molar refractivity (Wildman–Crippen MR) is 88.8 cm³/mol. The Morgan fingerprint density at radius 2 is 1.91 bits per heavy atom. The fourth-order valence-electron chi connectivity index (χ4n) is 3.26. The van der Waals surface area contributed by atoms with Crippen molar-refractivity contribution in [2.45, 2.75) is 57.8 Å². The molecule has 0 aliphatic heterocycles. The number of aliphatic hydroxyl groups is 1. The monoisotopic (exact) mass is 299 g/mol. The Morgan fingerprint density at radius 3 is 2.55 bits per heavy atom. The average molecular weight is 299 g/mol. The molecule has 22 heavy (non-hydrogen) atoms. The highest BCUT2D eigenvalue weighted by Gasteiger charge is 2.26. The van der Waals surface area contributed by atoms with E-state index in [0.29, 0.717) is 6.04 Å². The van der Waals surface area contributed by atoms with E-state index in [1.807, 2.05) is 10.9 Å². The molecule has 4 heteroatoms. The van der Waals surface area contributed by atoms with E-state index in [0.717, 1.165) is 38.8 Å². The van der Waals surface area contributed by atoms with Crippen LogP contribution < -0.4 is 4.90 Å². The number of anilines is 1. The van der Waals surface area contributed by atoms with Crippen molar-refractivity contribution < 1.29 is 5.11 Å². The van der Waals surface area contributed by atoms with E-state index >= 15 is 0 Å². The summed E-state index contributed by atoms with van der Waals surface area (Å²) in [5.74, 6) is 0. The summed E-state index contributed by atoms with van der Waals surface area (Å²) in [5, 5.41) is 14.2. The molecule has 1 heterocycles. The number of aliphatic hydroxyl groups excluding tert-OH is 1. The van der Waals surface area contributed by atoms with Gasteiger partial charge in [-0.05, 0) is 38.2 Å². The third kappa shape index (κ3) is 3.50. The van der Waals surface area contributed by atoms with Crippen molar-refractivity contribution in [3.05, 3.63) is 48.3 Å². The molecule has 1 aromatic carbocycles. The van der Waals surface area contributed by atoms with E-state index < -0.39 is 0 Å². The standard InChI is InChI=1S/C18H25N3O/c1-2-20-14-17(12-19-20)21(13-15-6-4-3-5-7-15)16-8-10-18(22)11-9-16/h3-7,12,14,16,18,22H,2,8-11,13H2,1H3. The zero-order valence-electron chi connectivity index (χ0n) is 13.2. The Morgan fingerprint density at radius 1 is 1.18 bits per heavy atom. The van der Waals surface area contributed by atoms with Crippen molar-refractivity contribution in [3.8, 4) is 0 Å². The van der Waals surface area contributed by atoms with Gasteiger partial charge in [-0.2, -0.15) is 5.10 Å². The van der Waals surface area contributed by atoms with Crippen molar-refractivity contribution in [2.24, 2.45) is 0 Å². The zero-order chi connectivity index (χ0) is 15.4. The highest BCUT2D eigenvalue weighted by molar-refractivity contribution is 5.44. The molecule has 4 nitrogen and oxygen atoms in total. The maximum atomic E-state index is 9.78. The van der Waals surface area contributed by atoms with Crippen molar-refractivity contribution in [1.29, 1.82) is 0 Å². The lowest BCUT2D eigenvalue weighted by atomic mass is 9.91. The van der Waals surface area contributed by atoms with Gasteiger partial charge in [0.2, 0.25) is 0 Å². The Hall–Kier alpha value is -1.81. The largest absolute Gasteiger partial charge is 0.393 e. The third-order valence-electron chi connectivity index (χ3n) is 4.58. The molecular weight excluding hydrogens is 274 g/mol. The van der Waals surface area contributed by atoms with E-state index in [9.17, 15) is 5.11 Å². The molecule has 1 saturated carbocycles. The van der Waals surface area contributed by atoms with Gasteiger partial charge in [-0.1, -0.05) is 30.3 Å². The van der Waals surface area contributed by atoms with E-state index in [2.05, 4.69) is 53.5 Å². The van der Waals surface area contributed by atoms with Gasteiger partial charge < -0.3 is 10.0 Å². The first-order valence-electron chi connectivity index (χ1n) is 8.27. The smallest absolute Gasteiger partial charge is 0.0758 e. The summed E-state index contributed by atoms with van der Waals surface area (Å²) in [5.41, 5.74) is 2.50. The van der Waals surface area contributed by atoms with Crippen LogP contribution in [0.4, 0.5) is 5.69 Å². The van der Waals surface area contributed by atoms with Gasteiger partial charge in [0, 0.05) is 25.3 Å². The molecule has 118 valence electrons. The molecule has 0 amide bonds. The Bertz CT molecular complexity index is 573. The Balaban J connectivity index is 1.81. The minimum Gasteiger partial charge on any atom is -0.393 e. The summed E-state index contributed by atoms with van der Waals surface area (Å²) < 4.78 is 1.98. The SMILES string of the molecule is CCn1cc(N(Cc2ccccc2)C2CCC(O)CC2)cn1. The lowest BCUT2D eigenvalue weighted by Gasteiger charge is -2.36. The first-order chi connectivity index (χ1) is 10.8. The number of hydrogen-bond acceptors (Lipinski definition) is 3. The maximum absolute atomic E-state index is 9.78. The highest BCUT2D eigenvalue weighted by Crippen LogP contribution is 2.29. The minimum absolute atomic E-state index is 0.117. The van der Waals surface area contributed by atoms with Gasteiger partial charge in [0.15, 0.2) is 0 Å². The lowest BCUT2D eigenvalue weighted by molar-refractivity contribution is 0.121. The molecule has 0 radical (unpaired) electrons. The van der Waals surface area contributed by atoms with Crippen LogP contribution in [0.1, 0.15) is 38.2 Å². The van der Waals surface area contributed by atoms with Crippen LogP contribution >= 0.6 is 0 Å². The van der Waals surface area contributed by atoms with Crippen molar-refractivity contribution >= 4 is 5.69 Å². The Kier molecular flexibility index (Phi) is 4.78. The summed E-state index contributed by atoms with van der Waals surface area (Å²) >= 11 is 0. The molecule has 2 aromatic rings. The number of rotatable bonds is 5. The van der Waals surface area contributed by atoms with Gasteiger partial charge in [0.25, 0.3) is 0 Å². The summed E-state index contributed by atoms with van der Waals surface area (Å²) in [6.07, 6.45) is 7.88. The molecule has 1 aliphatic carbocycles. The number of aryl methyl sites for hydroxylation is 1. The van der Waals surface area contributed by atoms with Gasteiger partial charge in [-0.15, -0.1) is 0 Å². The number of nitrogens with zero attached hydrogens (tertiary/aromatic N) is 3. The van der Waals surface area contributed by atoms with Gasteiger partial charge >= 0.3 is 0 Å². The van der Waals surface area contributed by atoms with Crippen molar-refractivity contribution in [3.63, 3.8) is 0 Å². The van der Waals surface area contributed by atoms with Crippen LogP contribution in [0, 0.1) is 0 Å². The maximum Gasteiger partial charge on any atom is 0.0758 e. The number of aromatic nitrogens is 2. The van der Waals surface area contributed by atoms with Crippen molar-refractivity contribution in [1.82, 2.24) is 9.78 Å². The molecule has 1 fully saturated rings. The fourth-order valence-corrected chi connectivity index (χ4v) is 3.26. The molecule has 0 atom stereocenters. The quantitative estimate of drug-likeness (QED) is 0.921. The van der Waals surface area contributed by atoms with Crippen LogP contribution in [0.15, 0.2) is 42.7 Å². The lowest BCUT2D eigenvalue weighted by Crippen LogP contribution is -2.38. The van der Waals surface area contributed by atoms with E-state index in [1.165, 1.54) is 11.3 Å². The number of hydrogen-bond donors (Lipinski definition) is 1. The van der Waals surface area contributed by atoms with Gasteiger partial charge in [-0.3, -0.25) is 4.68 Å². The van der Waals surface area contributed by atoms with E-state index in [1.54, 1.807) is 0 Å². The van der Waals surface area contributed by atoms with Crippen LogP contribution in [0.5, 0.6) is 0 Å². The molecule has 1 aromatic heterocycles. The van der Waals surface area contributed by atoms with Crippen LogP contribution in [0.25, 0.3) is 0 Å². The number of benzene rings is 1. The Labute approximate surface area is 132 Å². The third-order valence-corrected chi connectivity index (χ3v) is 4.58. The van der Waals surface area contributed by atoms with Gasteiger partial charge in [0.05, 0.1) is 18.0 Å². The van der Waals surface area contributed by atoms with Gasteiger partial charge in [0.1, 0.15) is 0 Å². The topological polar surface area (TPSA) is 41.3 Å². The molecule has 0 unspecified atom stereocenters. The fraction of sp³-hybridized carbons (Fsp3) is 0.500. The van der Waals surface area contributed by atoms with E-state index in [4.69, 9.17) is 0 Å². The average Bonchev–Trinajstić information content (AvgIpc) is 3.03.